The van der Waals surface area contributed by atoms with Gasteiger partial charge in [0.15, 0.2) is 5.16 Å². The van der Waals surface area contributed by atoms with E-state index in [1.165, 1.54) is 5.56 Å². The maximum atomic E-state index is 12.4. The van der Waals surface area contributed by atoms with Crippen LogP contribution in [0.3, 0.4) is 0 Å². The highest BCUT2D eigenvalue weighted by molar-refractivity contribution is 7.99. The normalized spacial score (nSPS) is 16.1. The van der Waals surface area contributed by atoms with Gasteiger partial charge in [0.25, 0.3) is 5.56 Å². The second-order valence-electron chi connectivity index (χ2n) is 6.59. The Labute approximate surface area is 151 Å². The molecule has 1 N–H and O–H groups in total. The Hall–Kier alpha value is -2.08. The zero-order valence-corrected chi connectivity index (χ0v) is 15.6. The standard InChI is InChI=1S/C19H23N3O2S/c1-4-13-5-7-14(8-6-13)20-17(23)9-15-11-25-19-21-16(12(2)3)10-18(24)22(15)19/h5-8,10,12,15H,4,9,11H2,1-3H3,(H,20,23). The van der Waals surface area contributed by atoms with Gasteiger partial charge >= 0.3 is 0 Å². The van der Waals surface area contributed by atoms with E-state index < -0.39 is 0 Å². The van der Waals surface area contributed by atoms with E-state index in [2.05, 4.69) is 17.2 Å². The molecule has 25 heavy (non-hydrogen) atoms. The van der Waals surface area contributed by atoms with Gasteiger partial charge in [0.05, 0.1) is 11.7 Å². The number of nitrogens with one attached hydrogen (secondary N) is 1. The van der Waals surface area contributed by atoms with E-state index in [9.17, 15) is 9.59 Å². The van der Waals surface area contributed by atoms with Crippen molar-refractivity contribution in [1.29, 1.82) is 0 Å². The second-order valence-corrected chi connectivity index (χ2v) is 7.58. The van der Waals surface area contributed by atoms with Gasteiger partial charge in [-0.2, -0.15) is 0 Å². The van der Waals surface area contributed by atoms with Crippen LogP contribution in [0.5, 0.6) is 0 Å². The quantitative estimate of drug-likeness (QED) is 0.831. The van der Waals surface area contributed by atoms with E-state index in [4.69, 9.17) is 0 Å². The van der Waals surface area contributed by atoms with Gasteiger partial charge in [-0.25, -0.2) is 4.98 Å². The van der Waals surface area contributed by atoms with Crippen LogP contribution >= 0.6 is 11.8 Å². The molecule has 1 aliphatic heterocycles. The number of carbonyl (C=O) groups is 1. The van der Waals surface area contributed by atoms with E-state index in [0.717, 1.165) is 23.0 Å². The molecular weight excluding hydrogens is 334 g/mol. The van der Waals surface area contributed by atoms with E-state index in [0.29, 0.717) is 5.75 Å². The van der Waals surface area contributed by atoms with Crippen molar-refractivity contribution < 1.29 is 4.79 Å². The molecule has 0 radical (unpaired) electrons. The minimum atomic E-state index is -0.142. The van der Waals surface area contributed by atoms with E-state index >= 15 is 0 Å². The number of aromatic nitrogens is 2. The van der Waals surface area contributed by atoms with Crippen LogP contribution < -0.4 is 10.9 Å². The molecule has 1 aromatic carbocycles. The molecule has 0 aliphatic carbocycles. The van der Waals surface area contributed by atoms with Gasteiger partial charge in [-0.3, -0.25) is 14.2 Å². The monoisotopic (exact) mass is 357 g/mol. The fraction of sp³-hybridized carbons (Fsp3) is 0.421. The molecule has 132 valence electrons. The topological polar surface area (TPSA) is 64.0 Å². The summed E-state index contributed by atoms with van der Waals surface area (Å²) in [5.41, 5.74) is 2.76. The Bertz CT molecular complexity index is 828. The molecule has 2 heterocycles. The second kappa shape index (κ2) is 7.44. The summed E-state index contributed by atoms with van der Waals surface area (Å²) in [6, 6.07) is 9.30. The van der Waals surface area contributed by atoms with Crippen molar-refractivity contribution >= 4 is 23.4 Å². The van der Waals surface area contributed by atoms with Gasteiger partial charge in [-0.1, -0.05) is 44.7 Å². The first-order valence-corrected chi connectivity index (χ1v) is 9.61. The van der Waals surface area contributed by atoms with Crippen LogP contribution in [0.2, 0.25) is 0 Å². The molecule has 1 atom stereocenters. The maximum Gasteiger partial charge on any atom is 0.254 e. The van der Waals surface area contributed by atoms with Crippen LogP contribution in [0, 0.1) is 0 Å². The smallest absolute Gasteiger partial charge is 0.254 e. The number of benzene rings is 1. The zero-order chi connectivity index (χ0) is 18.0. The third-order valence-corrected chi connectivity index (χ3v) is 5.47. The minimum absolute atomic E-state index is 0.0659. The Balaban J connectivity index is 1.71. The number of fused-ring (bicyclic) bond motifs is 1. The Kier molecular flexibility index (Phi) is 5.27. The number of nitrogens with zero attached hydrogens (tertiary/aromatic N) is 2. The van der Waals surface area contributed by atoms with Gasteiger partial charge in [0.2, 0.25) is 5.91 Å². The lowest BCUT2D eigenvalue weighted by Crippen LogP contribution is -2.28. The third kappa shape index (κ3) is 3.95. The first kappa shape index (κ1) is 17.7. The molecule has 2 aromatic rings. The van der Waals surface area contributed by atoms with Crippen molar-refractivity contribution in [2.45, 2.75) is 50.7 Å². The first-order chi connectivity index (χ1) is 12.0. The fourth-order valence-corrected chi connectivity index (χ4v) is 4.02. The van der Waals surface area contributed by atoms with Crippen LogP contribution in [0.4, 0.5) is 5.69 Å². The summed E-state index contributed by atoms with van der Waals surface area (Å²) in [6.07, 6.45) is 1.25. The molecule has 0 saturated carbocycles. The van der Waals surface area contributed by atoms with Crippen molar-refractivity contribution in [3.63, 3.8) is 0 Å². The Morgan fingerprint density at radius 1 is 1.36 bits per heavy atom. The average molecular weight is 357 g/mol. The molecular formula is C19H23N3O2S. The van der Waals surface area contributed by atoms with Crippen molar-refractivity contribution in [3.05, 3.63) is 51.9 Å². The highest BCUT2D eigenvalue weighted by Crippen LogP contribution is 2.32. The number of hydrogen-bond donors (Lipinski definition) is 1. The van der Waals surface area contributed by atoms with Crippen molar-refractivity contribution in [2.75, 3.05) is 11.1 Å². The number of carbonyl (C=O) groups excluding carboxylic acids is 1. The predicted octanol–water partition coefficient (Wildman–Crippen LogP) is 3.60. The molecule has 1 aromatic heterocycles. The molecule has 0 fully saturated rings. The highest BCUT2D eigenvalue weighted by atomic mass is 32.2. The van der Waals surface area contributed by atoms with Crippen molar-refractivity contribution in [2.24, 2.45) is 0 Å². The Morgan fingerprint density at radius 2 is 2.08 bits per heavy atom. The van der Waals surface area contributed by atoms with Crippen molar-refractivity contribution in [1.82, 2.24) is 9.55 Å². The molecule has 1 aliphatic rings. The summed E-state index contributed by atoms with van der Waals surface area (Å²) < 4.78 is 1.66. The van der Waals surface area contributed by atoms with Gasteiger partial charge in [-0.15, -0.1) is 0 Å². The molecule has 5 nitrogen and oxygen atoms in total. The SMILES string of the molecule is CCc1ccc(NC(=O)CC2CSc3nc(C(C)C)cc(=O)n32)cc1. The van der Waals surface area contributed by atoms with Crippen LogP contribution in [0.1, 0.15) is 50.4 Å². The van der Waals surface area contributed by atoms with E-state index in [1.807, 2.05) is 38.1 Å². The lowest BCUT2D eigenvalue weighted by Gasteiger charge is -2.14. The molecule has 1 amide bonds. The summed E-state index contributed by atoms with van der Waals surface area (Å²) >= 11 is 1.55. The lowest BCUT2D eigenvalue weighted by molar-refractivity contribution is -0.116. The molecule has 3 rings (SSSR count). The van der Waals surface area contributed by atoms with Crippen molar-refractivity contribution in [3.8, 4) is 0 Å². The van der Waals surface area contributed by atoms with Gasteiger partial charge in [0, 0.05) is 23.9 Å². The summed E-state index contributed by atoms with van der Waals surface area (Å²) in [5.74, 6) is 0.835. The molecule has 1 unspecified atom stereocenters. The highest BCUT2D eigenvalue weighted by Gasteiger charge is 2.28. The summed E-state index contributed by atoms with van der Waals surface area (Å²) in [6.45, 7) is 6.14. The van der Waals surface area contributed by atoms with Gasteiger partial charge in [0.1, 0.15) is 0 Å². The van der Waals surface area contributed by atoms with Crippen LogP contribution in [0.15, 0.2) is 40.3 Å². The molecule has 0 bridgehead atoms. The minimum Gasteiger partial charge on any atom is -0.326 e. The maximum absolute atomic E-state index is 12.4. The van der Waals surface area contributed by atoms with Gasteiger partial charge in [-0.05, 0) is 30.0 Å². The van der Waals surface area contributed by atoms with Crippen LogP contribution in [-0.4, -0.2) is 21.2 Å². The van der Waals surface area contributed by atoms with E-state index in [1.54, 1.807) is 22.4 Å². The lowest BCUT2D eigenvalue weighted by atomic mass is 10.1. The summed E-state index contributed by atoms with van der Waals surface area (Å²) in [7, 11) is 0. The predicted molar refractivity (Wildman–Crippen MR) is 101 cm³/mol. The summed E-state index contributed by atoms with van der Waals surface area (Å²) in [4.78, 5) is 29.4. The first-order valence-electron chi connectivity index (χ1n) is 8.63. The zero-order valence-electron chi connectivity index (χ0n) is 14.8. The summed E-state index contributed by atoms with van der Waals surface area (Å²) in [5, 5.41) is 3.64. The number of hydrogen-bond acceptors (Lipinski definition) is 4. The van der Waals surface area contributed by atoms with Gasteiger partial charge < -0.3 is 5.32 Å². The van der Waals surface area contributed by atoms with E-state index in [-0.39, 0.29) is 29.8 Å². The largest absolute Gasteiger partial charge is 0.326 e. The number of aryl methyl sites for hydroxylation is 1. The average Bonchev–Trinajstić information content (AvgIpc) is 2.98. The number of thioether (sulfide) groups is 1. The molecule has 0 spiro atoms. The Morgan fingerprint density at radius 3 is 2.72 bits per heavy atom. The fourth-order valence-electron chi connectivity index (χ4n) is 2.87. The number of amides is 1. The molecule has 6 heteroatoms. The molecule has 0 saturated heterocycles. The van der Waals surface area contributed by atoms with Crippen LogP contribution in [-0.2, 0) is 11.2 Å². The number of anilines is 1. The number of rotatable bonds is 5. The third-order valence-electron chi connectivity index (χ3n) is 4.37. The van der Waals surface area contributed by atoms with Crippen LogP contribution in [0.25, 0.3) is 0 Å².